The van der Waals surface area contributed by atoms with Crippen LogP contribution in [-0.2, 0) is 0 Å². The molecule has 3 rings (SSSR count). The molecule has 0 aromatic carbocycles. The molecule has 1 aliphatic rings. The summed E-state index contributed by atoms with van der Waals surface area (Å²) in [6, 6.07) is 0.394. The van der Waals surface area contributed by atoms with E-state index in [-0.39, 0.29) is 0 Å². The summed E-state index contributed by atoms with van der Waals surface area (Å²) in [6.45, 7) is 10.4. The Hall–Kier alpha value is -1.20. The Morgan fingerprint density at radius 1 is 1.29 bits per heavy atom. The first-order chi connectivity index (χ1) is 10.0. The second-order valence-corrected chi connectivity index (χ2v) is 7.47. The quantitative estimate of drug-likeness (QED) is 0.926. The van der Waals surface area contributed by atoms with Crippen molar-refractivity contribution in [1.29, 1.82) is 0 Å². The lowest BCUT2D eigenvalue weighted by atomic mass is 9.92. The number of aromatic nitrogens is 2. The van der Waals surface area contributed by atoms with Gasteiger partial charge in [0, 0.05) is 24.0 Å². The maximum atomic E-state index is 6.04. The van der Waals surface area contributed by atoms with Gasteiger partial charge in [-0.25, -0.2) is 9.97 Å². The Morgan fingerprint density at radius 2 is 2.05 bits per heavy atom. The molecular formula is C16H24N4S. The Morgan fingerprint density at radius 3 is 2.76 bits per heavy atom. The molecule has 2 aromatic heterocycles. The van der Waals surface area contributed by atoms with Crippen molar-refractivity contribution >= 4 is 27.4 Å². The lowest BCUT2D eigenvalue weighted by Crippen LogP contribution is -2.47. The average Bonchev–Trinajstić information content (AvgIpc) is 2.73. The molecule has 2 unspecified atom stereocenters. The molecule has 21 heavy (non-hydrogen) atoms. The third kappa shape index (κ3) is 2.53. The van der Waals surface area contributed by atoms with Gasteiger partial charge in [-0.15, -0.1) is 11.3 Å². The number of thiophene rings is 1. The van der Waals surface area contributed by atoms with Crippen molar-refractivity contribution in [3.05, 3.63) is 16.3 Å². The number of piperidine rings is 1. The van der Waals surface area contributed by atoms with Crippen LogP contribution in [0.2, 0.25) is 0 Å². The summed E-state index contributed by atoms with van der Waals surface area (Å²) < 4.78 is 0. The van der Waals surface area contributed by atoms with Crippen LogP contribution in [0.15, 0.2) is 0 Å². The highest BCUT2D eigenvalue weighted by Crippen LogP contribution is 2.37. The largest absolute Gasteiger partial charge is 0.352 e. The number of nitrogens with zero attached hydrogens (tertiary/aromatic N) is 3. The molecule has 2 N–H and O–H groups in total. The van der Waals surface area contributed by atoms with Crippen LogP contribution in [-0.4, -0.2) is 29.1 Å². The molecule has 1 saturated heterocycles. The van der Waals surface area contributed by atoms with Crippen LogP contribution in [0.25, 0.3) is 10.2 Å². The van der Waals surface area contributed by atoms with Crippen molar-refractivity contribution in [2.45, 2.75) is 46.6 Å². The van der Waals surface area contributed by atoms with E-state index in [0.29, 0.717) is 12.6 Å². The highest BCUT2D eigenvalue weighted by molar-refractivity contribution is 7.18. The maximum Gasteiger partial charge on any atom is 0.141 e. The molecule has 0 spiro atoms. The minimum atomic E-state index is 0.394. The van der Waals surface area contributed by atoms with E-state index in [0.717, 1.165) is 35.4 Å². The van der Waals surface area contributed by atoms with Crippen molar-refractivity contribution in [3.8, 4) is 0 Å². The Balaban J connectivity index is 2.14. The third-order valence-electron chi connectivity index (χ3n) is 4.64. The van der Waals surface area contributed by atoms with Gasteiger partial charge >= 0.3 is 0 Å². The van der Waals surface area contributed by atoms with Gasteiger partial charge in [0.2, 0.25) is 0 Å². The smallest absolute Gasteiger partial charge is 0.141 e. The molecule has 4 nitrogen and oxygen atoms in total. The first kappa shape index (κ1) is 14.7. The van der Waals surface area contributed by atoms with Gasteiger partial charge in [-0.05, 0) is 45.1 Å². The zero-order valence-corrected chi connectivity index (χ0v) is 14.1. The van der Waals surface area contributed by atoms with Crippen LogP contribution in [0.3, 0.4) is 0 Å². The molecule has 2 atom stereocenters. The minimum absolute atomic E-state index is 0.394. The molecule has 0 amide bonds. The number of fused-ring (bicyclic) bond motifs is 1. The monoisotopic (exact) mass is 304 g/mol. The SMILES string of the molecule is Cc1nc(N2CCC(C)CC2CN)c2c(C)c(C)sc2n1. The summed E-state index contributed by atoms with van der Waals surface area (Å²) in [5.41, 5.74) is 7.36. The Bertz CT molecular complexity index is 664. The minimum Gasteiger partial charge on any atom is -0.352 e. The van der Waals surface area contributed by atoms with Gasteiger partial charge in [-0.2, -0.15) is 0 Å². The molecule has 0 bridgehead atoms. The number of hydrogen-bond acceptors (Lipinski definition) is 5. The molecule has 1 fully saturated rings. The number of anilines is 1. The predicted molar refractivity (Wildman–Crippen MR) is 90.2 cm³/mol. The van der Waals surface area contributed by atoms with E-state index in [1.165, 1.54) is 22.2 Å². The summed E-state index contributed by atoms with van der Waals surface area (Å²) >= 11 is 1.77. The number of nitrogens with two attached hydrogens (primary N) is 1. The molecule has 5 heteroatoms. The molecule has 0 saturated carbocycles. The predicted octanol–water partition coefficient (Wildman–Crippen LogP) is 3.18. The van der Waals surface area contributed by atoms with E-state index in [9.17, 15) is 0 Å². The molecule has 2 aromatic rings. The van der Waals surface area contributed by atoms with Crippen molar-refractivity contribution in [2.24, 2.45) is 11.7 Å². The van der Waals surface area contributed by atoms with E-state index in [2.05, 4.69) is 30.7 Å². The maximum absolute atomic E-state index is 6.04. The van der Waals surface area contributed by atoms with Crippen molar-refractivity contribution in [1.82, 2.24) is 9.97 Å². The molecule has 1 aliphatic heterocycles. The van der Waals surface area contributed by atoms with Gasteiger partial charge in [0.25, 0.3) is 0 Å². The van der Waals surface area contributed by atoms with Gasteiger partial charge in [-0.1, -0.05) is 6.92 Å². The van der Waals surface area contributed by atoms with Crippen LogP contribution >= 0.6 is 11.3 Å². The van der Waals surface area contributed by atoms with E-state index in [1.807, 2.05) is 6.92 Å². The molecule has 0 radical (unpaired) electrons. The van der Waals surface area contributed by atoms with E-state index >= 15 is 0 Å². The van der Waals surface area contributed by atoms with Crippen LogP contribution in [0.1, 0.15) is 36.0 Å². The van der Waals surface area contributed by atoms with Crippen LogP contribution < -0.4 is 10.6 Å². The lowest BCUT2D eigenvalue weighted by molar-refractivity contribution is 0.365. The summed E-state index contributed by atoms with van der Waals surface area (Å²) in [6.07, 6.45) is 2.37. The Labute approximate surface area is 130 Å². The standard InChI is InChI=1S/C16H24N4S/c1-9-5-6-20(13(7-9)8-17)15-14-10(2)11(3)21-16(14)19-12(4)18-15/h9,13H,5-8,17H2,1-4H3. The fourth-order valence-corrected chi connectivity index (χ4v) is 4.36. The highest BCUT2D eigenvalue weighted by Gasteiger charge is 2.29. The normalized spacial score (nSPS) is 23.0. The van der Waals surface area contributed by atoms with Gasteiger partial charge in [0.15, 0.2) is 0 Å². The van der Waals surface area contributed by atoms with Gasteiger partial charge < -0.3 is 10.6 Å². The number of rotatable bonds is 2. The first-order valence-electron chi connectivity index (χ1n) is 7.72. The van der Waals surface area contributed by atoms with Crippen LogP contribution in [0.4, 0.5) is 5.82 Å². The summed E-state index contributed by atoms with van der Waals surface area (Å²) in [5, 5.41) is 1.23. The topological polar surface area (TPSA) is 55.0 Å². The second kappa shape index (κ2) is 5.54. The molecular weight excluding hydrogens is 280 g/mol. The number of hydrogen-bond donors (Lipinski definition) is 1. The zero-order valence-electron chi connectivity index (χ0n) is 13.3. The van der Waals surface area contributed by atoms with E-state index in [4.69, 9.17) is 10.7 Å². The van der Waals surface area contributed by atoms with E-state index in [1.54, 1.807) is 11.3 Å². The van der Waals surface area contributed by atoms with Gasteiger partial charge in [0.1, 0.15) is 16.5 Å². The number of aryl methyl sites for hydroxylation is 3. The van der Waals surface area contributed by atoms with Crippen molar-refractivity contribution in [3.63, 3.8) is 0 Å². The summed E-state index contributed by atoms with van der Waals surface area (Å²) in [7, 11) is 0. The van der Waals surface area contributed by atoms with Crippen LogP contribution in [0, 0.1) is 26.7 Å². The third-order valence-corrected chi connectivity index (χ3v) is 5.74. The zero-order chi connectivity index (χ0) is 15.1. The van der Waals surface area contributed by atoms with Crippen molar-refractivity contribution < 1.29 is 0 Å². The Kier molecular flexibility index (Phi) is 3.88. The summed E-state index contributed by atoms with van der Waals surface area (Å²) in [5.74, 6) is 2.70. The molecule has 3 heterocycles. The molecule has 0 aliphatic carbocycles. The van der Waals surface area contributed by atoms with E-state index < -0.39 is 0 Å². The fourth-order valence-electron chi connectivity index (χ4n) is 3.29. The highest BCUT2D eigenvalue weighted by atomic mass is 32.1. The average molecular weight is 304 g/mol. The molecule has 114 valence electrons. The fraction of sp³-hybridized carbons (Fsp3) is 0.625. The second-order valence-electron chi connectivity index (χ2n) is 6.27. The summed E-state index contributed by atoms with van der Waals surface area (Å²) in [4.78, 5) is 14.3. The van der Waals surface area contributed by atoms with Crippen LogP contribution in [0.5, 0.6) is 0 Å². The van der Waals surface area contributed by atoms with Gasteiger partial charge in [0.05, 0.1) is 5.39 Å². The van der Waals surface area contributed by atoms with Crippen molar-refractivity contribution in [2.75, 3.05) is 18.0 Å². The van der Waals surface area contributed by atoms with Gasteiger partial charge in [-0.3, -0.25) is 0 Å². The first-order valence-corrected chi connectivity index (χ1v) is 8.54. The lowest BCUT2D eigenvalue weighted by Gasteiger charge is -2.39.